The van der Waals surface area contributed by atoms with E-state index in [1.54, 1.807) is 43.3 Å². The fraction of sp³-hybridized carbons (Fsp3) is 0.292. The van der Waals surface area contributed by atoms with Gasteiger partial charge in [-0.05, 0) is 62.2 Å². The Bertz CT molecular complexity index is 1310. The smallest absolute Gasteiger partial charge is 0.411 e. The number of thiol groups is 1. The summed E-state index contributed by atoms with van der Waals surface area (Å²) in [4.78, 5) is 16.0. The number of hydrogen-bond acceptors (Lipinski definition) is 4. The monoisotopic (exact) mass is 481 g/mol. The molecule has 2 aliphatic rings. The van der Waals surface area contributed by atoms with Crippen LogP contribution in [0.1, 0.15) is 42.0 Å². The standard InChI is InChI=1S/C24H24FN5O3S/c1-24(16-34(33)27-12-2-3-13-30(34)22(29-24)28-23(31)32)20-14-18(10-11-21(20)25)7-4-17-5-8-19(15-26)9-6-17/h5-6,8-11,14,34H,2-3,12-13,16H2,1H3,(H,27,33)(H,28,29)(H,31,32)/t24-/m0/s1. The second-order valence-electron chi connectivity index (χ2n) is 8.37. The maximum absolute atomic E-state index is 15.1. The van der Waals surface area contributed by atoms with E-state index < -0.39 is 27.8 Å². The Morgan fingerprint density at radius 2 is 1.88 bits per heavy atom. The first-order valence-electron chi connectivity index (χ1n) is 10.8. The minimum atomic E-state index is -3.27. The number of nitrogens with zero attached hydrogens (tertiary/aromatic N) is 3. The van der Waals surface area contributed by atoms with Crippen molar-refractivity contribution in [2.24, 2.45) is 4.99 Å². The van der Waals surface area contributed by atoms with Crippen LogP contribution in [0, 0.1) is 29.0 Å². The van der Waals surface area contributed by atoms with Gasteiger partial charge in [-0.15, -0.1) is 0 Å². The molecule has 0 spiro atoms. The highest BCUT2D eigenvalue weighted by Gasteiger charge is 2.44. The van der Waals surface area contributed by atoms with E-state index in [0.29, 0.717) is 29.8 Å². The Balaban J connectivity index is 1.75. The molecule has 2 aromatic carbocycles. The number of carbonyl (C=O) groups is 1. The molecule has 1 amide bonds. The summed E-state index contributed by atoms with van der Waals surface area (Å²) in [7, 11) is -3.27. The van der Waals surface area contributed by atoms with Gasteiger partial charge in [0.1, 0.15) is 11.4 Å². The number of nitriles is 1. The van der Waals surface area contributed by atoms with E-state index in [0.717, 1.165) is 12.8 Å². The SMILES string of the molecule is C[C@@]1(c2cc(C#Cc3ccc(C#N)cc3)ccc2F)C[SH]2(=O)NCCCCN2C(NC(=O)O)=N1. The second kappa shape index (κ2) is 9.26. The molecule has 1 fully saturated rings. The van der Waals surface area contributed by atoms with E-state index in [2.05, 4.69) is 26.9 Å². The minimum Gasteiger partial charge on any atom is -0.465 e. The highest BCUT2D eigenvalue weighted by molar-refractivity contribution is 7.99. The van der Waals surface area contributed by atoms with E-state index >= 15 is 4.39 Å². The zero-order valence-electron chi connectivity index (χ0n) is 18.5. The predicted octanol–water partition coefficient (Wildman–Crippen LogP) is 2.48. The van der Waals surface area contributed by atoms with Crippen molar-refractivity contribution in [2.75, 3.05) is 18.8 Å². The van der Waals surface area contributed by atoms with Crippen molar-refractivity contribution in [1.29, 1.82) is 5.26 Å². The topological polar surface area (TPSA) is 118 Å². The highest BCUT2D eigenvalue weighted by atomic mass is 32.3. The summed E-state index contributed by atoms with van der Waals surface area (Å²) in [6.45, 7) is 2.55. The van der Waals surface area contributed by atoms with Crippen LogP contribution in [0.25, 0.3) is 0 Å². The third-order valence-electron chi connectivity index (χ3n) is 5.80. The molecule has 10 heteroatoms. The van der Waals surface area contributed by atoms with Crippen molar-refractivity contribution >= 4 is 22.4 Å². The molecule has 2 aliphatic heterocycles. The molecule has 0 unspecified atom stereocenters. The van der Waals surface area contributed by atoms with Gasteiger partial charge in [0.2, 0.25) is 5.96 Å². The first-order valence-corrected chi connectivity index (χ1v) is 12.6. The number of aliphatic imine (C=N–C) groups is 1. The summed E-state index contributed by atoms with van der Waals surface area (Å²) in [5.74, 6) is 5.39. The predicted molar refractivity (Wildman–Crippen MR) is 128 cm³/mol. The molecule has 4 rings (SSSR count). The van der Waals surface area contributed by atoms with Crippen LogP contribution in [0.4, 0.5) is 9.18 Å². The maximum Gasteiger partial charge on any atom is 0.411 e. The summed E-state index contributed by atoms with van der Waals surface area (Å²) in [5, 5.41) is 20.5. The molecular weight excluding hydrogens is 457 g/mol. The van der Waals surface area contributed by atoms with Crippen molar-refractivity contribution in [2.45, 2.75) is 25.3 Å². The average molecular weight is 482 g/mol. The van der Waals surface area contributed by atoms with Crippen molar-refractivity contribution in [3.63, 3.8) is 0 Å². The van der Waals surface area contributed by atoms with E-state index in [-0.39, 0.29) is 17.3 Å². The average Bonchev–Trinajstić information content (AvgIpc) is 2.99. The van der Waals surface area contributed by atoms with Gasteiger partial charge in [0, 0.05) is 40.1 Å². The number of carboxylic acid groups (broad SMARTS) is 1. The van der Waals surface area contributed by atoms with Gasteiger partial charge in [-0.3, -0.25) is 13.8 Å². The molecule has 1 saturated heterocycles. The van der Waals surface area contributed by atoms with Crippen LogP contribution >= 0.6 is 0 Å². The number of guanidine groups is 1. The molecule has 34 heavy (non-hydrogen) atoms. The summed E-state index contributed by atoms with van der Waals surface area (Å²) in [6, 6.07) is 13.2. The molecule has 0 radical (unpaired) electrons. The first kappa shape index (κ1) is 23.4. The quantitative estimate of drug-likeness (QED) is 0.370. The van der Waals surface area contributed by atoms with Gasteiger partial charge in [-0.25, -0.2) is 18.9 Å². The van der Waals surface area contributed by atoms with Crippen LogP contribution in [0.15, 0.2) is 47.5 Å². The van der Waals surface area contributed by atoms with E-state index in [4.69, 9.17) is 5.26 Å². The zero-order chi connectivity index (χ0) is 24.3. The van der Waals surface area contributed by atoms with E-state index in [1.165, 1.54) is 10.4 Å². The lowest BCUT2D eigenvalue weighted by atomic mass is 9.92. The number of nitrogens with one attached hydrogen (secondary N) is 2. The lowest BCUT2D eigenvalue weighted by Gasteiger charge is -2.46. The molecular formula is C24H24FN5O3S. The van der Waals surface area contributed by atoms with Crippen LogP contribution in [-0.4, -0.2) is 44.5 Å². The fourth-order valence-electron chi connectivity index (χ4n) is 4.15. The largest absolute Gasteiger partial charge is 0.465 e. The summed E-state index contributed by atoms with van der Waals surface area (Å²) in [6.07, 6.45) is 0.177. The normalized spacial score (nSPS) is 22.0. The van der Waals surface area contributed by atoms with Crippen molar-refractivity contribution in [3.8, 4) is 17.9 Å². The molecule has 0 aliphatic carbocycles. The molecule has 8 nitrogen and oxygen atoms in total. The number of rotatable bonds is 1. The third kappa shape index (κ3) is 4.79. The van der Waals surface area contributed by atoms with Crippen LogP contribution < -0.4 is 10.0 Å². The number of fused-ring (bicyclic) bond motifs is 1. The minimum absolute atomic E-state index is 0.00816. The van der Waals surface area contributed by atoms with Crippen molar-refractivity contribution in [1.82, 2.24) is 14.3 Å². The summed E-state index contributed by atoms with van der Waals surface area (Å²) < 4.78 is 33.5. The number of halogens is 1. The first-order chi connectivity index (χ1) is 16.2. The highest BCUT2D eigenvalue weighted by Crippen LogP contribution is 2.37. The van der Waals surface area contributed by atoms with Crippen molar-refractivity contribution < 1.29 is 18.5 Å². The zero-order valence-corrected chi connectivity index (χ0v) is 19.4. The Labute approximate surface area is 198 Å². The number of hydrogen-bond donors (Lipinski definition) is 4. The van der Waals surface area contributed by atoms with Crippen molar-refractivity contribution in [3.05, 3.63) is 70.5 Å². The fourth-order valence-corrected chi connectivity index (χ4v) is 7.05. The van der Waals surface area contributed by atoms with Crippen LogP contribution in [0.5, 0.6) is 0 Å². The van der Waals surface area contributed by atoms with Gasteiger partial charge in [0.25, 0.3) is 0 Å². The molecule has 176 valence electrons. The van der Waals surface area contributed by atoms with Crippen LogP contribution in [-0.2, 0) is 15.8 Å². The molecule has 2 aromatic rings. The second-order valence-corrected chi connectivity index (χ2v) is 10.9. The molecule has 3 N–H and O–H groups in total. The summed E-state index contributed by atoms with van der Waals surface area (Å²) >= 11 is 0. The lowest BCUT2D eigenvalue weighted by Crippen LogP contribution is -2.61. The van der Waals surface area contributed by atoms with Gasteiger partial charge in [-0.1, -0.05) is 11.8 Å². The molecule has 0 saturated carbocycles. The lowest BCUT2D eigenvalue weighted by molar-refractivity contribution is 0.199. The Morgan fingerprint density at radius 1 is 1.21 bits per heavy atom. The number of benzene rings is 2. The molecule has 1 atom stereocenters. The van der Waals surface area contributed by atoms with Gasteiger partial charge in [-0.2, -0.15) is 5.26 Å². The molecule has 0 aromatic heterocycles. The Morgan fingerprint density at radius 3 is 2.59 bits per heavy atom. The van der Waals surface area contributed by atoms with Crippen LogP contribution in [0.3, 0.4) is 0 Å². The number of amides is 1. The Hall–Kier alpha value is -3.73. The van der Waals surface area contributed by atoms with E-state index in [9.17, 15) is 14.1 Å². The third-order valence-corrected chi connectivity index (χ3v) is 8.73. The maximum atomic E-state index is 15.1. The summed E-state index contributed by atoms with van der Waals surface area (Å²) in [5.41, 5.74) is 0.656. The van der Waals surface area contributed by atoms with Crippen LogP contribution in [0.2, 0.25) is 0 Å². The van der Waals surface area contributed by atoms with Gasteiger partial charge in [0.15, 0.2) is 0 Å². The van der Waals surface area contributed by atoms with Gasteiger partial charge < -0.3 is 5.11 Å². The Kier molecular flexibility index (Phi) is 6.38. The molecule has 2 heterocycles. The van der Waals surface area contributed by atoms with Gasteiger partial charge >= 0.3 is 6.09 Å². The van der Waals surface area contributed by atoms with E-state index in [1.807, 2.05) is 6.07 Å². The van der Waals surface area contributed by atoms with Gasteiger partial charge in [0.05, 0.1) is 17.4 Å². The molecule has 0 bridgehead atoms.